The lowest BCUT2D eigenvalue weighted by molar-refractivity contribution is -0.198. The summed E-state index contributed by atoms with van der Waals surface area (Å²) < 4.78 is 16.6. The van der Waals surface area contributed by atoms with Crippen molar-refractivity contribution in [1.82, 2.24) is 0 Å². The van der Waals surface area contributed by atoms with Crippen LogP contribution in [0.5, 0.6) is 0 Å². The summed E-state index contributed by atoms with van der Waals surface area (Å²) in [6, 6.07) is 0. The second kappa shape index (κ2) is 18.2. The second-order valence-electron chi connectivity index (χ2n) is 13.7. The molecule has 6 heteroatoms. The molecule has 41 heavy (non-hydrogen) atoms. The van der Waals surface area contributed by atoms with Gasteiger partial charge in [0.05, 0.1) is 11.3 Å². The molecule has 2 atom stereocenters. The maximum absolute atomic E-state index is 13.2. The van der Waals surface area contributed by atoms with Crippen molar-refractivity contribution in [3.8, 4) is 0 Å². The lowest BCUT2D eigenvalue weighted by Crippen LogP contribution is -2.54. The van der Waals surface area contributed by atoms with Gasteiger partial charge < -0.3 is 14.2 Å². The van der Waals surface area contributed by atoms with Crippen molar-refractivity contribution >= 4 is 17.9 Å². The van der Waals surface area contributed by atoms with E-state index in [0.717, 1.165) is 37.0 Å². The van der Waals surface area contributed by atoms with Crippen LogP contribution in [-0.4, -0.2) is 34.7 Å². The van der Waals surface area contributed by atoms with E-state index in [1.54, 1.807) is 0 Å². The van der Waals surface area contributed by atoms with E-state index < -0.39 is 11.0 Å². The Hall–Kier alpha value is -1.59. The van der Waals surface area contributed by atoms with Gasteiger partial charge in [-0.05, 0) is 118 Å². The lowest BCUT2D eigenvalue weighted by Gasteiger charge is -2.56. The minimum Gasteiger partial charge on any atom is -0.460 e. The standard InChI is InChI=1S/C23H38O4.C6H12O2.6CH4/c1-7-22(6,11-15(2)19(24)26-21(3,4)5)20(25)27-23-12-16-8-17(13-23)10-18(9-16)14-23;1-5(7)8-6(2,3)4;;;;;;/h15-18H,7-14H2,1-6H3;1-4H3;6*1H4. The number of hydrogen-bond acceptors (Lipinski definition) is 6. The van der Waals surface area contributed by atoms with Gasteiger partial charge in [-0.15, -0.1) is 0 Å². The first-order valence-electron chi connectivity index (χ1n) is 13.5. The molecule has 4 rings (SSSR count). The quantitative estimate of drug-likeness (QED) is 0.226. The van der Waals surface area contributed by atoms with Crippen LogP contribution in [0.1, 0.15) is 165 Å². The fourth-order valence-electron chi connectivity index (χ4n) is 6.44. The molecule has 4 aliphatic carbocycles. The molecular weight excluding hydrogens is 516 g/mol. The Kier molecular flexibility index (Phi) is 21.7. The van der Waals surface area contributed by atoms with Crippen molar-refractivity contribution in [3.05, 3.63) is 0 Å². The van der Waals surface area contributed by atoms with Crippen LogP contribution in [-0.2, 0) is 28.6 Å². The molecule has 4 bridgehead atoms. The second-order valence-corrected chi connectivity index (χ2v) is 13.7. The van der Waals surface area contributed by atoms with Crippen molar-refractivity contribution in [3.63, 3.8) is 0 Å². The maximum atomic E-state index is 13.2. The molecule has 250 valence electrons. The molecule has 4 saturated carbocycles. The summed E-state index contributed by atoms with van der Waals surface area (Å²) in [6.07, 6.45) is 8.28. The van der Waals surface area contributed by atoms with Crippen molar-refractivity contribution in [1.29, 1.82) is 0 Å². The van der Waals surface area contributed by atoms with E-state index in [0.29, 0.717) is 12.8 Å². The van der Waals surface area contributed by atoms with Gasteiger partial charge in [0, 0.05) is 6.92 Å². The molecule has 4 aliphatic rings. The van der Waals surface area contributed by atoms with Crippen LogP contribution in [0.15, 0.2) is 0 Å². The predicted molar refractivity (Wildman–Crippen MR) is 177 cm³/mol. The molecule has 0 aromatic rings. The third-order valence-corrected chi connectivity index (χ3v) is 7.58. The van der Waals surface area contributed by atoms with Crippen LogP contribution in [0, 0.1) is 29.1 Å². The molecule has 2 unspecified atom stereocenters. The Morgan fingerprint density at radius 1 is 0.732 bits per heavy atom. The Morgan fingerprint density at radius 3 is 1.37 bits per heavy atom. The summed E-state index contributed by atoms with van der Waals surface area (Å²) in [6.45, 7) is 18.4. The van der Waals surface area contributed by atoms with Gasteiger partial charge in [-0.2, -0.15) is 0 Å². The number of ether oxygens (including phenoxy) is 3. The van der Waals surface area contributed by atoms with E-state index in [9.17, 15) is 14.4 Å². The average Bonchev–Trinajstić information content (AvgIpc) is 2.63. The van der Waals surface area contributed by atoms with E-state index in [1.807, 2.05) is 62.3 Å². The fourth-order valence-corrected chi connectivity index (χ4v) is 6.44. The van der Waals surface area contributed by atoms with Gasteiger partial charge in [-0.3, -0.25) is 14.4 Å². The summed E-state index contributed by atoms with van der Waals surface area (Å²) in [5.41, 5.74) is -1.70. The molecule has 0 aromatic carbocycles. The first-order valence-corrected chi connectivity index (χ1v) is 13.5. The van der Waals surface area contributed by atoms with E-state index in [-0.39, 0.29) is 79.6 Å². The molecule has 6 nitrogen and oxygen atoms in total. The van der Waals surface area contributed by atoms with Gasteiger partial charge in [0.1, 0.15) is 16.8 Å². The molecule has 0 spiro atoms. The SMILES string of the molecule is C.C.C.C.C.C.CC(=O)OC(C)(C)C.CCC(C)(CC(C)C(=O)OC(C)(C)C)C(=O)OC12CC3CC(CC(C3)C1)C2. The number of esters is 3. The molecule has 4 fully saturated rings. The molecular formula is C35H74O6. The topological polar surface area (TPSA) is 78.9 Å². The van der Waals surface area contributed by atoms with Gasteiger partial charge >= 0.3 is 17.9 Å². The molecule has 0 aliphatic heterocycles. The summed E-state index contributed by atoms with van der Waals surface area (Å²) in [5.74, 6) is 1.36. The predicted octanol–water partition coefficient (Wildman–Crippen LogP) is 10.4. The highest BCUT2D eigenvalue weighted by atomic mass is 16.6. The Labute approximate surface area is 257 Å². The number of rotatable bonds is 6. The van der Waals surface area contributed by atoms with Gasteiger partial charge in [0.25, 0.3) is 0 Å². The summed E-state index contributed by atoms with van der Waals surface area (Å²) >= 11 is 0. The Balaban J connectivity index is -0.000000274. The van der Waals surface area contributed by atoms with Crippen molar-refractivity contribution in [2.45, 2.75) is 182 Å². The monoisotopic (exact) mass is 591 g/mol. The highest BCUT2D eigenvalue weighted by Gasteiger charge is 2.54. The van der Waals surface area contributed by atoms with Crippen LogP contribution < -0.4 is 0 Å². The summed E-state index contributed by atoms with van der Waals surface area (Å²) in [5, 5.41) is 0. The van der Waals surface area contributed by atoms with E-state index >= 15 is 0 Å². The largest absolute Gasteiger partial charge is 0.460 e. The zero-order chi connectivity index (χ0) is 26.8. The van der Waals surface area contributed by atoms with Gasteiger partial charge in [-0.1, -0.05) is 58.4 Å². The maximum Gasteiger partial charge on any atom is 0.312 e. The minimum absolute atomic E-state index is 0. The molecule has 0 heterocycles. The van der Waals surface area contributed by atoms with Crippen molar-refractivity contribution in [2.75, 3.05) is 0 Å². The van der Waals surface area contributed by atoms with Crippen LogP contribution in [0.3, 0.4) is 0 Å². The fraction of sp³-hybridized carbons (Fsp3) is 0.914. The van der Waals surface area contributed by atoms with Gasteiger partial charge in [0.2, 0.25) is 0 Å². The van der Waals surface area contributed by atoms with Gasteiger partial charge in [-0.25, -0.2) is 0 Å². The van der Waals surface area contributed by atoms with Crippen LogP contribution in [0.2, 0.25) is 0 Å². The van der Waals surface area contributed by atoms with Crippen LogP contribution in [0.25, 0.3) is 0 Å². The zero-order valence-corrected chi connectivity index (χ0v) is 23.9. The summed E-state index contributed by atoms with van der Waals surface area (Å²) in [7, 11) is 0. The number of carbonyl (C=O) groups is 3. The third kappa shape index (κ3) is 14.9. The van der Waals surface area contributed by atoms with Gasteiger partial charge in [0.15, 0.2) is 0 Å². The van der Waals surface area contributed by atoms with Crippen molar-refractivity contribution in [2.24, 2.45) is 29.1 Å². The van der Waals surface area contributed by atoms with Crippen LogP contribution >= 0.6 is 0 Å². The van der Waals surface area contributed by atoms with E-state index in [2.05, 4.69) is 0 Å². The highest BCUT2D eigenvalue weighted by Crippen LogP contribution is 2.57. The lowest BCUT2D eigenvalue weighted by atomic mass is 9.54. The highest BCUT2D eigenvalue weighted by molar-refractivity contribution is 5.79. The molecule has 0 saturated heterocycles. The molecule has 0 radical (unpaired) electrons. The normalized spacial score (nSPS) is 25.5. The number of carbonyl (C=O) groups excluding carboxylic acids is 3. The first kappa shape index (κ1) is 49.1. The molecule has 0 amide bonds. The summed E-state index contributed by atoms with van der Waals surface area (Å²) in [4.78, 5) is 35.9. The molecule has 0 N–H and O–H groups in total. The van der Waals surface area contributed by atoms with Crippen LogP contribution in [0.4, 0.5) is 0 Å². The van der Waals surface area contributed by atoms with E-state index in [4.69, 9.17) is 14.2 Å². The smallest absolute Gasteiger partial charge is 0.312 e. The first-order chi connectivity index (χ1) is 15.9. The number of hydrogen-bond donors (Lipinski definition) is 0. The Bertz CT molecular complexity index is 737. The zero-order valence-electron chi connectivity index (χ0n) is 23.9. The van der Waals surface area contributed by atoms with Crippen molar-refractivity contribution < 1.29 is 28.6 Å². The van der Waals surface area contributed by atoms with E-state index in [1.165, 1.54) is 26.2 Å². The minimum atomic E-state index is -0.639. The average molecular weight is 591 g/mol. The molecule has 0 aromatic heterocycles. The Morgan fingerprint density at radius 2 is 1.10 bits per heavy atom. The third-order valence-electron chi connectivity index (χ3n) is 7.58.